The molecule has 1 rings (SSSR count). The molecule has 1 aromatic heterocycles. The highest BCUT2D eigenvalue weighted by Crippen LogP contribution is 2.05. The van der Waals surface area contributed by atoms with E-state index in [0.717, 1.165) is 42.9 Å². The zero-order chi connectivity index (χ0) is 11.3. The summed E-state index contributed by atoms with van der Waals surface area (Å²) in [5.74, 6) is 0.896. The molecule has 15 heavy (non-hydrogen) atoms. The topological polar surface area (TPSA) is 51.8 Å². The highest BCUT2D eigenvalue weighted by molar-refractivity contribution is 5.10. The first-order valence-corrected chi connectivity index (χ1v) is 5.74. The lowest BCUT2D eigenvalue weighted by atomic mass is 10.1. The van der Waals surface area contributed by atoms with Crippen LogP contribution in [0.1, 0.15) is 43.9 Å². The summed E-state index contributed by atoms with van der Waals surface area (Å²) in [7, 11) is 0. The maximum atomic E-state index is 5.90. The number of nitrogens with zero attached hydrogens (tertiary/aromatic N) is 2. The van der Waals surface area contributed by atoms with E-state index < -0.39 is 0 Å². The van der Waals surface area contributed by atoms with Crippen molar-refractivity contribution in [1.29, 1.82) is 0 Å². The molecule has 1 atom stereocenters. The second-order valence-electron chi connectivity index (χ2n) is 4.04. The molecule has 0 radical (unpaired) electrons. The molecule has 84 valence electrons. The zero-order valence-electron chi connectivity index (χ0n) is 9.95. The standard InChI is InChI=1S/C12H21N3/c1-4-6-11-7-9(3)14-12(15-11)8-10(13)5-2/h7,10H,4-6,8,13H2,1-3H3. The number of aryl methyl sites for hydroxylation is 2. The van der Waals surface area contributed by atoms with Gasteiger partial charge in [0.1, 0.15) is 5.82 Å². The highest BCUT2D eigenvalue weighted by atomic mass is 14.9. The van der Waals surface area contributed by atoms with Gasteiger partial charge in [0, 0.05) is 23.9 Å². The Labute approximate surface area is 92.1 Å². The number of aromatic nitrogens is 2. The van der Waals surface area contributed by atoms with Crippen molar-refractivity contribution in [3.63, 3.8) is 0 Å². The van der Waals surface area contributed by atoms with Gasteiger partial charge < -0.3 is 5.73 Å². The molecular formula is C12H21N3. The average Bonchev–Trinajstić information content (AvgIpc) is 2.17. The van der Waals surface area contributed by atoms with E-state index in [4.69, 9.17) is 5.73 Å². The molecule has 0 aliphatic heterocycles. The van der Waals surface area contributed by atoms with E-state index in [-0.39, 0.29) is 6.04 Å². The Balaban J connectivity index is 2.78. The van der Waals surface area contributed by atoms with E-state index in [1.165, 1.54) is 0 Å². The van der Waals surface area contributed by atoms with Gasteiger partial charge >= 0.3 is 0 Å². The third-order valence-corrected chi connectivity index (χ3v) is 2.43. The van der Waals surface area contributed by atoms with Crippen LogP contribution in [0.4, 0.5) is 0 Å². The van der Waals surface area contributed by atoms with Gasteiger partial charge in [0.2, 0.25) is 0 Å². The molecule has 0 saturated carbocycles. The fourth-order valence-electron chi connectivity index (χ4n) is 1.55. The third-order valence-electron chi connectivity index (χ3n) is 2.43. The van der Waals surface area contributed by atoms with Gasteiger partial charge in [0.05, 0.1) is 0 Å². The second kappa shape index (κ2) is 5.81. The highest BCUT2D eigenvalue weighted by Gasteiger charge is 2.06. The normalized spacial score (nSPS) is 12.8. The van der Waals surface area contributed by atoms with E-state index in [0.29, 0.717) is 0 Å². The van der Waals surface area contributed by atoms with E-state index in [1.54, 1.807) is 0 Å². The van der Waals surface area contributed by atoms with Crippen LogP contribution in [0.5, 0.6) is 0 Å². The predicted molar refractivity (Wildman–Crippen MR) is 62.7 cm³/mol. The number of nitrogens with two attached hydrogens (primary N) is 1. The molecule has 3 nitrogen and oxygen atoms in total. The minimum absolute atomic E-state index is 0.182. The van der Waals surface area contributed by atoms with Gasteiger partial charge in [-0.25, -0.2) is 9.97 Å². The molecule has 2 N–H and O–H groups in total. The summed E-state index contributed by atoms with van der Waals surface area (Å²) in [5.41, 5.74) is 8.09. The quantitative estimate of drug-likeness (QED) is 0.803. The molecule has 0 amide bonds. The number of hydrogen-bond acceptors (Lipinski definition) is 3. The lowest BCUT2D eigenvalue weighted by molar-refractivity contribution is 0.619. The molecule has 0 saturated heterocycles. The Morgan fingerprint density at radius 2 is 2.07 bits per heavy atom. The van der Waals surface area contributed by atoms with Crippen molar-refractivity contribution < 1.29 is 0 Å². The molecule has 1 unspecified atom stereocenters. The fourth-order valence-corrected chi connectivity index (χ4v) is 1.55. The molecule has 0 aromatic carbocycles. The smallest absolute Gasteiger partial charge is 0.130 e. The lowest BCUT2D eigenvalue weighted by Crippen LogP contribution is -2.23. The SMILES string of the molecule is CCCc1cc(C)nc(CC(N)CC)n1. The summed E-state index contributed by atoms with van der Waals surface area (Å²) >= 11 is 0. The second-order valence-corrected chi connectivity index (χ2v) is 4.04. The minimum atomic E-state index is 0.182. The van der Waals surface area contributed by atoms with Gasteiger partial charge in [-0.2, -0.15) is 0 Å². The zero-order valence-corrected chi connectivity index (χ0v) is 9.95. The van der Waals surface area contributed by atoms with E-state index >= 15 is 0 Å². The molecule has 0 aliphatic rings. The van der Waals surface area contributed by atoms with Crippen molar-refractivity contribution in [2.45, 2.75) is 52.5 Å². The number of hydrogen-bond donors (Lipinski definition) is 1. The van der Waals surface area contributed by atoms with Crippen LogP contribution in [-0.4, -0.2) is 16.0 Å². The summed E-state index contributed by atoms with van der Waals surface area (Å²) in [6, 6.07) is 2.24. The monoisotopic (exact) mass is 207 g/mol. The van der Waals surface area contributed by atoms with Crippen LogP contribution in [0.2, 0.25) is 0 Å². The number of rotatable bonds is 5. The van der Waals surface area contributed by atoms with Crippen molar-refractivity contribution in [2.75, 3.05) is 0 Å². The minimum Gasteiger partial charge on any atom is -0.327 e. The van der Waals surface area contributed by atoms with Crippen LogP contribution in [0, 0.1) is 6.92 Å². The van der Waals surface area contributed by atoms with E-state index in [9.17, 15) is 0 Å². The maximum absolute atomic E-state index is 5.90. The average molecular weight is 207 g/mol. The molecule has 1 heterocycles. The largest absolute Gasteiger partial charge is 0.327 e. The Morgan fingerprint density at radius 3 is 2.67 bits per heavy atom. The Kier molecular flexibility index (Phi) is 4.69. The van der Waals surface area contributed by atoms with Gasteiger partial charge in [-0.15, -0.1) is 0 Å². The third kappa shape index (κ3) is 3.96. The van der Waals surface area contributed by atoms with Crippen LogP contribution in [0.15, 0.2) is 6.07 Å². The Bertz CT molecular complexity index is 310. The first-order chi connectivity index (χ1) is 7.15. The summed E-state index contributed by atoms with van der Waals surface area (Å²) in [6.45, 7) is 6.27. The summed E-state index contributed by atoms with van der Waals surface area (Å²) in [6.07, 6.45) is 3.91. The van der Waals surface area contributed by atoms with Crippen molar-refractivity contribution in [3.05, 3.63) is 23.3 Å². The van der Waals surface area contributed by atoms with Crippen LogP contribution in [0.3, 0.4) is 0 Å². The first kappa shape index (κ1) is 12.1. The van der Waals surface area contributed by atoms with Gasteiger partial charge in [-0.3, -0.25) is 0 Å². The van der Waals surface area contributed by atoms with Crippen LogP contribution in [-0.2, 0) is 12.8 Å². The van der Waals surface area contributed by atoms with Crippen LogP contribution in [0.25, 0.3) is 0 Å². The fraction of sp³-hybridized carbons (Fsp3) is 0.667. The lowest BCUT2D eigenvalue weighted by Gasteiger charge is -2.09. The van der Waals surface area contributed by atoms with Crippen molar-refractivity contribution in [3.8, 4) is 0 Å². The summed E-state index contributed by atoms with van der Waals surface area (Å²) < 4.78 is 0. The summed E-state index contributed by atoms with van der Waals surface area (Å²) in [4.78, 5) is 8.93. The van der Waals surface area contributed by atoms with Gasteiger partial charge in [0.25, 0.3) is 0 Å². The van der Waals surface area contributed by atoms with Crippen molar-refractivity contribution >= 4 is 0 Å². The molecule has 0 aliphatic carbocycles. The molecule has 1 aromatic rings. The molecule has 0 fully saturated rings. The van der Waals surface area contributed by atoms with Crippen LogP contribution >= 0.6 is 0 Å². The van der Waals surface area contributed by atoms with Crippen molar-refractivity contribution in [1.82, 2.24) is 9.97 Å². The molecular weight excluding hydrogens is 186 g/mol. The van der Waals surface area contributed by atoms with Gasteiger partial charge in [-0.05, 0) is 25.8 Å². The first-order valence-electron chi connectivity index (χ1n) is 5.74. The molecule has 3 heteroatoms. The maximum Gasteiger partial charge on any atom is 0.130 e. The van der Waals surface area contributed by atoms with Gasteiger partial charge in [-0.1, -0.05) is 20.3 Å². The van der Waals surface area contributed by atoms with Crippen molar-refractivity contribution in [2.24, 2.45) is 5.73 Å². The van der Waals surface area contributed by atoms with E-state index in [2.05, 4.69) is 29.9 Å². The Hall–Kier alpha value is -0.960. The van der Waals surface area contributed by atoms with Crippen LogP contribution < -0.4 is 5.73 Å². The van der Waals surface area contributed by atoms with E-state index in [1.807, 2.05) is 6.92 Å². The Morgan fingerprint density at radius 1 is 1.33 bits per heavy atom. The summed E-state index contributed by atoms with van der Waals surface area (Å²) in [5, 5.41) is 0. The predicted octanol–water partition coefficient (Wildman–Crippen LogP) is 2.02. The molecule has 0 spiro atoms. The molecule has 0 bridgehead atoms. The van der Waals surface area contributed by atoms with Gasteiger partial charge in [0.15, 0.2) is 0 Å².